The fourth-order valence-corrected chi connectivity index (χ4v) is 2.05. The number of anilines is 1. The van der Waals surface area contributed by atoms with E-state index in [1.807, 2.05) is 22.6 Å². The Kier molecular flexibility index (Phi) is 3.13. The summed E-state index contributed by atoms with van der Waals surface area (Å²) < 4.78 is 0.795. The Morgan fingerprint density at radius 3 is 2.56 bits per heavy atom. The number of aromatic carboxylic acids is 1. The highest BCUT2D eigenvalue weighted by Crippen LogP contribution is 2.30. The first-order valence-electron chi connectivity index (χ1n) is 4.91. The van der Waals surface area contributed by atoms with Crippen molar-refractivity contribution in [1.82, 2.24) is 0 Å². The molecule has 1 amide bonds. The van der Waals surface area contributed by atoms with E-state index in [0.717, 1.165) is 16.4 Å². The molecule has 0 spiro atoms. The summed E-state index contributed by atoms with van der Waals surface area (Å²) in [4.78, 5) is 22.3. The molecule has 4 nitrogen and oxygen atoms in total. The predicted octanol–water partition coefficient (Wildman–Crippen LogP) is 2.34. The fraction of sp³-hybridized carbons (Fsp3) is 0.273. The van der Waals surface area contributed by atoms with Crippen LogP contribution in [-0.4, -0.2) is 17.0 Å². The van der Waals surface area contributed by atoms with E-state index in [4.69, 9.17) is 5.11 Å². The minimum absolute atomic E-state index is 0.0154. The van der Waals surface area contributed by atoms with Crippen LogP contribution in [-0.2, 0) is 4.79 Å². The molecule has 0 heterocycles. The van der Waals surface area contributed by atoms with Gasteiger partial charge in [0.15, 0.2) is 0 Å². The Bertz CT molecular complexity index is 455. The maximum Gasteiger partial charge on any atom is 0.335 e. The van der Waals surface area contributed by atoms with E-state index in [2.05, 4.69) is 5.32 Å². The molecule has 1 saturated carbocycles. The van der Waals surface area contributed by atoms with Crippen molar-refractivity contribution >= 4 is 40.2 Å². The normalized spacial score (nSPS) is 14.6. The van der Waals surface area contributed by atoms with Crippen molar-refractivity contribution in [3.05, 3.63) is 27.3 Å². The molecule has 5 heteroatoms. The molecule has 0 atom stereocenters. The molecule has 0 bridgehead atoms. The van der Waals surface area contributed by atoms with Gasteiger partial charge in [-0.2, -0.15) is 0 Å². The van der Waals surface area contributed by atoms with Crippen LogP contribution in [0.15, 0.2) is 18.2 Å². The quantitative estimate of drug-likeness (QED) is 0.836. The lowest BCUT2D eigenvalue weighted by Crippen LogP contribution is -2.14. The molecular weight excluding hydrogens is 321 g/mol. The van der Waals surface area contributed by atoms with Crippen LogP contribution in [0.1, 0.15) is 23.2 Å². The molecule has 2 N–H and O–H groups in total. The first kappa shape index (κ1) is 11.4. The van der Waals surface area contributed by atoms with E-state index in [9.17, 15) is 9.59 Å². The average Bonchev–Trinajstić information content (AvgIpc) is 2.99. The van der Waals surface area contributed by atoms with E-state index < -0.39 is 5.97 Å². The van der Waals surface area contributed by atoms with E-state index in [-0.39, 0.29) is 17.4 Å². The van der Waals surface area contributed by atoms with Crippen LogP contribution >= 0.6 is 22.6 Å². The molecule has 0 saturated heterocycles. The number of carboxylic acid groups (broad SMARTS) is 1. The lowest BCUT2D eigenvalue weighted by Gasteiger charge is -2.06. The topological polar surface area (TPSA) is 66.4 Å². The zero-order valence-electron chi connectivity index (χ0n) is 8.37. The van der Waals surface area contributed by atoms with Crippen molar-refractivity contribution in [3.8, 4) is 0 Å². The molecule has 1 aliphatic carbocycles. The summed E-state index contributed by atoms with van der Waals surface area (Å²) >= 11 is 2.03. The van der Waals surface area contributed by atoms with Crippen molar-refractivity contribution in [2.24, 2.45) is 5.92 Å². The number of carbonyl (C=O) groups is 2. The molecule has 1 aromatic carbocycles. The second kappa shape index (κ2) is 4.40. The lowest BCUT2D eigenvalue weighted by atomic mass is 10.2. The van der Waals surface area contributed by atoms with Gasteiger partial charge >= 0.3 is 5.97 Å². The summed E-state index contributed by atoms with van der Waals surface area (Å²) in [5.74, 6) is -0.884. The highest BCUT2D eigenvalue weighted by molar-refractivity contribution is 14.1. The Morgan fingerprint density at radius 2 is 2.00 bits per heavy atom. The van der Waals surface area contributed by atoms with Gasteiger partial charge in [0.25, 0.3) is 0 Å². The lowest BCUT2D eigenvalue weighted by molar-refractivity contribution is -0.117. The SMILES string of the molecule is O=C(O)c1cc(I)cc(NC(=O)C2CC2)c1. The molecule has 1 aliphatic rings. The van der Waals surface area contributed by atoms with Crippen LogP contribution in [0.3, 0.4) is 0 Å². The molecule has 0 radical (unpaired) electrons. The molecule has 1 fully saturated rings. The van der Waals surface area contributed by atoms with Crippen molar-refractivity contribution in [2.45, 2.75) is 12.8 Å². The highest BCUT2D eigenvalue weighted by atomic mass is 127. The summed E-state index contributed by atoms with van der Waals surface area (Å²) in [6.45, 7) is 0. The summed E-state index contributed by atoms with van der Waals surface area (Å²) in [7, 11) is 0. The van der Waals surface area contributed by atoms with E-state index in [0.29, 0.717) is 5.69 Å². The zero-order valence-corrected chi connectivity index (χ0v) is 10.5. The zero-order chi connectivity index (χ0) is 11.7. The molecule has 0 aliphatic heterocycles. The van der Waals surface area contributed by atoms with Crippen molar-refractivity contribution < 1.29 is 14.7 Å². The number of halogens is 1. The number of hydrogen-bond acceptors (Lipinski definition) is 2. The number of nitrogens with one attached hydrogen (secondary N) is 1. The van der Waals surface area contributed by atoms with E-state index >= 15 is 0 Å². The third-order valence-corrected chi connectivity index (χ3v) is 2.98. The Balaban J connectivity index is 2.19. The van der Waals surface area contributed by atoms with Gasteiger partial charge in [-0.15, -0.1) is 0 Å². The Hall–Kier alpha value is -1.11. The van der Waals surface area contributed by atoms with Gasteiger partial charge < -0.3 is 10.4 Å². The number of amides is 1. The largest absolute Gasteiger partial charge is 0.478 e. The number of rotatable bonds is 3. The number of carbonyl (C=O) groups excluding carboxylic acids is 1. The van der Waals surface area contributed by atoms with E-state index in [1.54, 1.807) is 12.1 Å². The van der Waals surface area contributed by atoms with Gasteiger partial charge in [0.1, 0.15) is 0 Å². The minimum atomic E-state index is -0.986. The molecule has 2 rings (SSSR count). The smallest absolute Gasteiger partial charge is 0.335 e. The third-order valence-electron chi connectivity index (χ3n) is 2.36. The van der Waals surface area contributed by atoms with Gasteiger partial charge in [0, 0.05) is 15.2 Å². The van der Waals surface area contributed by atoms with Crippen LogP contribution in [0.25, 0.3) is 0 Å². The standard InChI is InChI=1S/C11H10INO3/c12-8-3-7(11(15)16)4-9(5-8)13-10(14)6-1-2-6/h3-6H,1-2H2,(H,13,14)(H,15,16). The van der Waals surface area contributed by atoms with Crippen LogP contribution in [0.4, 0.5) is 5.69 Å². The van der Waals surface area contributed by atoms with Crippen LogP contribution < -0.4 is 5.32 Å². The molecule has 84 valence electrons. The molecule has 16 heavy (non-hydrogen) atoms. The predicted molar refractivity (Wildman–Crippen MR) is 67.5 cm³/mol. The summed E-state index contributed by atoms with van der Waals surface area (Å²) in [5, 5.41) is 11.6. The summed E-state index contributed by atoms with van der Waals surface area (Å²) in [6, 6.07) is 4.80. The maximum absolute atomic E-state index is 11.5. The van der Waals surface area contributed by atoms with Crippen LogP contribution in [0.2, 0.25) is 0 Å². The van der Waals surface area contributed by atoms with Crippen LogP contribution in [0.5, 0.6) is 0 Å². The first-order chi connectivity index (χ1) is 7.56. The number of carboxylic acids is 1. The molecule has 0 aromatic heterocycles. The van der Waals surface area contributed by atoms with Crippen molar-refractivity contribution in [2.75, 3.05) is 5.32 Å². The molecular formula is C11H10INO3. The number of benzene rings is 1. The minimum Gasteiger partial charge on any atom is -0.478 e. The molecule has 1 aromatic rings. The van der Waals surface area contributed by atoms with Gasteiger partial charge in [-0.25, -0.2) is 4.79 Å². The van der Waals surface area contributed by atoms with Crippen LogP contribution in [0, 0.1) is 9.49 Å². The maximum atomic E-state index is 11.5. The average molecular weight is 331 g/mol. The van der Waals surface area contributed by atoms with Gasteiger partial charge in [-0.1, -0.05) is 0 Å². The van der Waals surface area contributed by atoms with Crippen molar-refractivity contribution in [1.29, 1.82) is 0 Å². The number of hydrogen-bond donors (Lipinski definition) is 2. The van der Waals surface area contributed by atoms with E-state index in [1.165, 1.54) is 6.07 Å². The Labute approximate surface area is 106 Å². The highest BCUT2D eigenvalue weighted by Gasteiger charge is 2.29. The summed E-state index contributed by atoms with van der Waals surface area (Å²) in [5.41, 5.74) is 0.749. The van der Waals surface area contributed by atoms with Gasteiger partial charge in [0.2, 0.25) is 5.91 Å². The van der Waals surface area contributed by atoms with Crippen molar-refractivity contribution in [3.63, 3.8) is 0 Å². The second-order valence-electron chi connectivity index (χ2n) is 3.80. The summed E-state index contributed by atoms with van der Waals surface area (Å²) in [6.07, 6.45) is 1.86. The van der Waals surface area contributed by atoms with Gasteiger partial charge in [-0.3, -0.25) is 4.79 Å². The monoisotopic (exact) mass is 331 g/mol. The second-order valence-corrected chi connectivity index (χ2v) is 5.04. The van der Waals surface area contributed by atoms with Gasteiger partial charge in [0.05, 0.1) is 5.56 Å². The van der Waals surface area contributed by atoms with Gasteiger partial charge in [-0.05, 0) is 53.6 Å². The third kappa shape index (κ3) is 2.72. The molecule has 0 unspecified atom stereocenters. The Morgan fingerprint density at radius 1 is 1.31 bits per heavy atom. The fourth-order valence-electron chi connectivity index (χ4n) is 1.38. The first-order valence-corrected chi connectivity index (χ1v) is 5.99.